The lowest BCUT2D eigenvalue weighted by Crippen LogP contribution is -2.12. The molecule has 0 heterocycles. The van der Waals surface area contributed by atoms with Crippen LogP contribution in [-0.4, -0.2) is 47.1 Å². The van der Waals surface area contributed by atoms with Gasteiger partial charge < -0.3 is 14.6 Å². The molecule has 0 fully saturated rings. The summed E-state index contributed by atoms with van der Waals surface area (Å²) in [6.45, 7) is 0.968. The van der Waals surface area contributed by atoms with Gasteiger partial charge in [-0.3, -0.25) is 4.21 Å². The van der Waals surface area contributed by atoms with Crippen LogP contribution in [0.25, 0.3) is 0 Å². The maximum Gasteiger partial charge on any atom is 0.335 e. The topological polar surface area (TPSA) is 72.8 Å². The molecule has 1 unspecified atom stereocenters. The summed E-state index contributed by atoms with van der Waals surface area (Å²) in [6.07, 6.45) is 0.774. The fourth-order valence-corrected chi connectivity index (χ4v) is 2.33. The number of carbonyl (C=O) groups is 1. The SMILES string of the molecule is COCCCS(=O)CCOc1ccc(C(=O)O)cc1. The molecule has 0 saturated heterocycles. The van der Waals surface area contributed by atoms with Crippen LogP contribution in [0.3, 0.4) is 0 Å². The van der Waals surface area contributed by atoms with E-state index in [1.54, 1.807) is 19.2 Å². The number of hydrogen-bond donors (Lipinski definition) is 1. The minimum absolute atomic E-state index is 0.218. The zero-order chi connectivity index (χ0) is 14.1. The van der Waals surface area contributed by atoms with Crippen molar-refractivity contribution in [2.24, 2.45) is 0 Å². The summed E-state index contributed by atoms with van der Waals surface area (Å²) in [6, 6.07) is 6.15. The second kappa shape index (κ2) is 8.66. The van der Waals surface area contributed by atoms with Crippen molar-refractivity contribution < 1.29 is 23.6 Å². The normalized spacial score (nSPS) is 12.1. The molecule has 1 rings (SSSR count). The highest BCUT2D eigenvalue weighted by atomic mass is 32.2. The summed E-state index contributed by atoms with van der Waals surface area (Å²) in [5, 5.41) is 8.74. The number of rotatable bonds is 9. The Morgan fingerprint density at radius 1 is 1.21 bits per heavy atom. The Hall–Kier alpha value is -1.40. The molecule has 106 valence electrons. The summed E-state index contributed by atoms with van der Waals surface area (Å²) in [5.41, 5.74) is 0.218. The molecule has 1 aromatic carbocycles. The van der Waals surface area contributed by atoms with Crippen molar-refractivity contribution in [2.75, 3.05) is 31.8 Å². The highest BCUT2D eigenvalue weighted by Gasteiger charge is 2.03. The Bertz CT molecular complexity index is 416. The van der Waals surface area contributed by atoms with Gasteiger partial charge in [-0.2, -0.15) is 0 Å². The number of benzene rings is 1. The number of carboxylic acid groups (broad SMARTS) is 1. The van der Waals surface area contributed by atoms with Crippen LogP contribution >= 0.6 is 0 Å². The van der Waals surface area contributed by atoms with E-state index < -0.39 is 16.8 Å². The van der Waals surface area contributed by atoms with Crippen LogP contribution in [0.1, 0.15) is 16.8 Å². The van der Waals surface area contributed by atoms with E-state index >= 15 is 0 Å². The molecule has 0 aromatic heterocycles. The van der Waals surface area contributed by atoms with Crippen LogP contribution in [0, 0.1) is 0 Å². The van der Waals surface area contributed by atoms with Crippen molar-refractivity contribution in [3.63, 3.8) is 0 Å². The largest absolute Gasteiger partial charge is 0.493 e. The summed E-state index contributed by atoms with van der Waals surface area (Å²) in [4.78, 5) is 10.6. The van der Waals surface area contributed by atoms with E-state index in [4.69, 9.17) is 14.6 Å². The first-order chi connectivity index (χ1) is 9.13. The average Bonchev–Trinajstić information content (AvgIpc) is 2.39. The van der Waals surface area contributed by atoms with Gasteiger partial charge in [-0.15, -0.1) is 0 Å². The van der Waals surface area contributed by atoms with E-state index in [0.717, 1.165) is 6.42 Å². The van der Waals surface area contributed by atoms with Crippen LogP contribution < -0.4 is 4.74 Å². The molecular formula is C13H18O5S. The third-order valence-electron chi connectivity index (χ3n) is 2.40. The zero-order valence-corrected chi connectivity index (χ0v) is 11.6. The zero-order valence-electron chi connectivity index (χ0n) is 10.8. The minimum atomic E-state index is -0.967. The molecule has 0 aliphatic carbocycles. The molecule has 0 radical (unpaired) electrons. The number of hydrogen-bond acceptors (Lipinski definition) is 4. The number of ether oxygens (including phenoxy) is 2. The van der Waals surface area contributed by atoms with E-state index in [0.29, 0.717) is 30.5 Å². The second-order valence-corrected chi connectivity index (χ2v) is 5.57. The van der Waals surface area contributed by atoms with Gasteiger partial charge in [0.05, 0.1) is 17.9 Å². The van der Waals surface area contributed by atoms with E-state index in [-0.39, 0.29) is 5.56 Å². The Balaban J connectivity index is 2.25. The molecule has 19 heavy (non-hydrogen) atoms. The lowest BCUT2D eigenvalue weighted by Gasteiger charge is -2.06. The Morgan fingerprint density at radius 3 is 2.47 bits per heavy atom. The molecule has 0 spiro atoms. The van der Waals surface area contributed by atoms with Crippen molar-refractivity contribution in [1.29, 1.82) is 0 Å². The molecular weight excluding hydrogens is 268 g/mol. The van der Waals surface area contributed by atoms with Crippen LogP contribution in [0.15, 0.2) is 24.3 Å². The first-order valence-electron chi connectivity index (χ1n) is 5.93. The molecule has 6 heteroatoms. The third kappa shape index (κ3) is 6.35. The molecule has 0 amide bonds. The van der Waals surface area contributed by atoms with Gasteiger partial charge in [0.1, 0.15) is 5.75 Å². The Labute approximate surface area is 115 Å². The third-order valence-corrected chi connectivity index (χ3v) is 3.77. The number of aromatic carboxylic acids is 1. The maximum absolute atomic E-state index is 11.5. The van der Waals surface area contributed by atoms with Gasteiger partial charge in [-0.1, -0.05) is 0 Å². The van der Waals surface area contributed by atoms with Gasteiger partial charge in [0.2, 0.25) is 0 Å². The molecule has 0 aliphatic heterocycles. The highest BCUT2D eigenvalue weighted by Crippen LogP contribution is 2.12. The van der Waals surface area contributed by atoms with E-state index in [1.165, 1.54) is 12.1 Å². The van der Waals surface area contributed by atoms with Crippen LogP contribution in [0.4, 0.5) is 0 Å². The molecule has 1 atom stereocenters. The van der Waals surface area contributed by atoms with Gasteiger partial charge in [-0.05, 0) is 30.7 Å². The number of methoxy groups -OCH3 is 1. The first-order valence-corrected chi connectivity index (χ1v) is 7.42. The van der Waals surface area contributed by atoms with Crippen molar-refractivity contribution in [1.82, 2.24) is 0 Å². The van der Waals surface area contributed by atoms with Gasteiger partial charge >= 0.3 is 5.97 Å². The quantitative estimate of drug-likeness (QED) is 0.697. The van der Waals surface area contributed by atoms with E-state index in [2.05, 4.69) is 0 Å². The maximum atomic E-state index is 11.5. The van der Waals surface area contributed by atoms with E-state index in [9.17, 15) is 9.00 Å². The van der Waals surface area contributed by atoms with Crippen LogP contribution in [0.5, 0.6) is 5.75 Å². The van der Waals surface area contributed by atoms with Crippen molar-refractivity contribution in [3.8, 4) is 5.75 Å². The molecule has 1 N–H and O–H groups in total. The molecule has 5 nitrogen and oxygen atoms in total. The Kier molecular flexibility index (Phi) is 7.14. The summed E-state index contributed by atoms with van der Waals surface area (Å²) in [7, 11) is 0.712. The van der Waals surface area contributed by atoms with Crippen LogP contribution in [-0.2, 0) is 15.5 Å². The summed E-state index contributed by atoms with van der Waals surface area (Å²) >= 11 is 0. The summed E-state index contributed by atoms with van der Waals surface area (Å²) < 4.78 is 21.8. The van der Waals surface area contributed by atoms with Crippen molar-refractivity contribution in [3.05, 3.63) is 29.8 Å². The van der Waals surface area contributed by atoms with Gasteiger partial charge in [0.15, 0.2) is 0 Å². The monoisotopic (exact) mass is 286 g/mol. The molecule has 1 aromatic rings. The molecule has 0 saturated carbocycles. The van der Waals surface area contributed by atoms with Crippen molar-refractivity contribution >= 4 is 16.8 Å². The lowest BCUT2D eigenvalue weighted by molar-refractivity contribution is 0.0697. The predicted octanol–water partition coefficient (Wildman–Crippen LogP) is 1.55. The standard InChI is InChI=1S/C13H18O5S/c1-17-7-2-9-19(16)10-8-18-12-5-3-11(4-6-12)13(14)15/h3-6H,2,7-10H2,1H3,(H,14,15). The fraction of sp³-hybridized carbons (Fsp3) is 0.462. The van der Waals surface area contributed by atoms with Crippen LogP contribution in [0.2, 0.25) is 0 Å². The fourth-order valence-electron chi connectivity index (χ4n) is 1.41. The van der Waals surface area contributed by atoms with E-state index in [1.807, 2.05) is 0 Å². The number of carboxylic acids is 1. The Morgan fingerprint density at radius 2 is 1.89 bits per heavy atom. The predicted molar refractivity (Wildman–Crippen MR) is 73.3 cm³/mol. The minimum Gasteiger partial charge on any atom is -0.493 e. The average molecular weight is 286 g/mol. The van der Waals surface area contributed by atoms with Gasteiger partial charge in [-0.25, -0.2) is 4.79 Å². The highest BCUT2D eigenvalue weighted by molar-refractivity contribution is 7.84. The molecule has 0 bridgehead atoms. The molecule has 0 aliphatic rings. The van der Waals surface area contributed by atoms with Gasteiger partial charge in [0, 0.05) is 30.3 Å². The summed E-state index contributed by atoms with van der Waals surface area (Å²) in [5.74, 6) is 0.684. The lowest BCUT2D eigenvalue weighted by atomic mass is 10.2. The van der Waals surface area contributed by atoms with Crippen molar-refractivity contribution in [2.45, 2.75) is 6.42 Å². The second-order valence-electron chi connectivity index (χ2n) is 3.87. The smallest absolute Gasteiger partial charge is 0.335 e. The van der Waals surface area contributed by atoms with Gasteiger partial charge in [0.25, 0.3) is 0 Å². The first kappa shape index (κ1) is 15.7.